The first-order valence-corrected chi connectivity index (χ1v) is 14.3. The molecule has 1 saturated heterocycles. The highest BCUT2D eigenvalue weighted by atomic mass is 19.4. The van der Waals surface area contributed by atoms with E-state index in [1.54, 1.807) is 24.1 Å². The number of ether oxygens (including phenoxy) is 2. The lowest BCUT2D eigenvalue weighted by Gasteiger charge is -2.66. The molecule has 7 nitrogen and oxygen atoms in total. The zero-order valence-corrected chi connectivity index (χ0v) is 22.7. The number of nitrogens with zero attached hydrogens (tertiary/aromatic N) is 2. The van der Waals surface area contributed by atoms with Crippen molar-refractivity contribution in [1.29, 1.82) is 0 Å². The van der Waals surface area contributed by atoms with E-state index in [0.29, 0.717) is 42.9 Å². The number of hydrogen-bond donors (Lipinski definition) is 2. The lowest BCUT2D eigenvalue weighted by atomic mass is 9.47. The maximum atomic E-state index is 13.6. The number of carbonyl (C=O) groups excluding carboxylic acids is 1. The molecule has 0 radical (unpaired) electrons. The zero-order chi connectivity index (χ0) is 28.7. The number of phenolic OH excluding ortho intramolecular Hbond substituents is 1. The van der Waals surface area contributed by atoms with Gasteiger partial charge in [-0.1, -0.05) is 18.2 Å². The van der Waals surface area contributed by atoms with E-state index in [0.717, 1.165) is 24.2 Å². The first kappa shape index (κ1) is 26.6. The molecule has 5 aliphatic rings. The fourth-order valence-electron chi connectivity index (χ4n) is 8.23. The van der Waals surface area contributed by atoms with Gasteiger partial charge in [-0.25, -0.2) is 0 Å². The Morgan fingerprint density at radius 1 is 1.22 bits per heavy atom. The van der Waals surface area contributed by atoms with Gasteiger partial charge < -0.3 is 24.6 Å². The number of carbonyl (C=O) groups is 1. The zero-order valence-electron chi connectivity index (χ0n) is 22.7. The molecule has 7 rings (SSSR count). The van der Waals surface area contributed by atoms with E-state index in [2.05, 4.69) is 9.64 Å². The number of benzene rings is 2. The average molecular weight is 571 g/mol. The first-order chi connectivity index (χ1) is 19.5. The third kappa shape index (κ3) is 4.05. The number of aliphatic hydroxyl groups is 1. The minimum atomic E-state index is -4.81. The van der Waals surface area contributed by atoms with Gasteiger partial charge in [0, 0.05) is 31.3 Å². The van der Waals surface area contributed by atoms with Gasteiger partial charge in [-0.15, -0.1) is 13.2 Å². The minimum Gasteiger partial charge on any atom is -0.504 e. The summed E-state index contributed by atoms with van der Waals surface area (Å²) in [5.41, 5.74) is 0.316. The fourth-order valence-corrected chi connectivity index (χ4v) is 8.23. The van der Waals surface area contributed by atoms with Crippen LogP contribution in [0.15, 0.2) is 42.5 Å². The van der Waals surface area contributed by atoms with E-state index >= 15 is 0 Å². The van der Waals surface area contributed by atoms with Crippen LogP contribution in [0.4, 0.5) is 13.2 Å². The van der Waals surface area contributed by atoms with Crippen molar-refractivity contribution in [2.45, 2.75) is 74.1 Å². The normalized spacial score (nSPS) is 32.0. The van der Waals surface area contributed by atoms with Gasteiger partial charge in [0.2, 0.25) is 5.91 Å². The van der Waals surface area contributed by atoms with E-state index in [1.165, 1.54) is 43.2 Å². The van der Waals surface area contributed by atoms with Crippen LogP contribution in [0.5, 0.6) is 17.2 Å². The summed E-state index contributed by atoms with van der Waals surface area (Å²) in [5, 5.41) is 23.8. The summed E-state index contributed by atoms with van der Waals surface area (Å²) in [7, 11) is 1.69. The third-order valence-electron chi connectivity index (χ3n) is 10.1. The molecule has 1 spiro atoms. The Morgan fingerprint density at radius 2 is 2.02 bits per heavy atom. The molecule has 0 unspecified atom stereocenters. The predicted octanol–water partition coefficient (Wildman–Crippen LogP) is 4.40. The molecule has 3 fully saturated rings. The number of alkyl halides is 3. The molecule has 0 aromatic heterocycles. The van der Waals surface area contributed by atoms with Crippen molar-refractivity contribution in [3.8, 4) is 17.2 Å². The molecule has 1 amide bonds. The molecule has 2 N–H and O–H groups in total. The molecule has 2 saturated carbocycles. The van der Waals surface area contributed by atoms with E-state index in [9.17, 15) is 28.2 Å². The molecular formula is C31H33F3N2O5. The van der Waals surface area contributed by atoms with Gasteiger partial charge in [-0.05, 0) is 86.4 Å². The quantitative estimate of drug-likeness (QED) is 0.502. The van der Waals surface area contributed by atoms with Gasteiger partial charge in [0.15, 0.2) is 11.5 Å². The van der Waals surface area contributed by atoms with Crippen molar-refractivity contribution in [2.24, 2.45) is 5.92 Å². The van der Waals surface area contributed by atoms with Crippen LogP contribution in [-0.4, -0.2) is 76.2 Å². The van der Waals surface area contributed by atoms with E-state index < -0.39 is 23.4 Å². The molecule has 2 aromatic carbocycles. The molecule has 2 bridgehead atoms. The molecule has 2 aliphatic heterocycles. The number of halogens is 3. The summed E-state index contributed by atoms with van der Waals surface area (Å²) in [6, 6.07) is 8.34. The highest BCUT2D eigenvalue weighted by Crippen LogP contribution is 2.66. The first-order valence-electron chi connectivity index (χ1n) is 14.3. The maximum Gasteiger partial charge on any atom is 0.573 e. The SMILES string of the molecule is CN(C(=O)C=Cc1cccc(OC(F)(F)F)c1)[C@@H]1CC[C@@H]2Oc3c(O)ccc4c3[C@@]23CCN(CC2CC2)[C@H](C4)[C@]13O. The van der Waals surface area contributed by atoms with Crippen LogP contribution in [-0.2, 0) is 16.6 Å². The lowest BCUT2D eigenvalue weighted by Crippen LogP contribution is -2.81. The van der Waals surface area contributed by atoms with Crippen molar-refractivity contribution < 1.29 is 37.7 Å². The second-order valence-corrected chi connectivity index (χ2v) is 12.3. The van der Waals surface area contributed by atoms with Crippen molar-refractivity contribution in [2.75, 3.05) is 20.1 Å². The average Bonchev–Trinajstić information content (AvgIpc) is 3.66. The predicted molar refractivity (Wildman–Crippen MR) is 144 cm³/mol. The van der Waals surface area contributed by atoms with Crippen LogP contribution in [0.25, 0.3) is 6.08 Å². The van der Waals surface area contributed by atoms with Gasteiger partial charge in [0.25, 0.3) is 0 Å². The number of hydrogen-bond acceptors (Lipinski definition) is 6. The van der Waals surface area contributed by atoms with E-state index in [4.69, 9.17) is 4.74 Å². The Labute approximate surface area is 236 Å². The van der Waals surface area contributed by atoms with Gasteiger partial charge in [0.1, 0.15) is 17.5 Å². The van der Waals surface area contributed by atoms with E-state index in [-0.39, 0.29) is 29.6 Å². The van der Waals surface area contributed by atoms with Gasteiger partial charge in [0.05, 0.1) is 11.5 Å². The molecule has 218 valence electrons. The summed E-state index contributed by atoms with van der Waals surface area (Å²) in [6.07, 6.45) is 2.47. The second-order valence-electron chi connectivity index (χ2n) is 12.3. The van der Waals surface area contributed by atoms with Gasteiger partial charge in [-0.3, -0.25) is 9.69 Å². The monoisotopic (exact) mass is 570 g/mol. The highest BCUT2D eigenvalue weighted by molar-refractivity contribution is 5.92. The summed E-state index contributed by atoms with van der Waals surface area (Å²) < 4.78 is 48.4. The Balaban J connectivity index is 1.23. The standard InChI is InChI=1S/C31H33F3N2O5/c1-35(26(38)12-7-18-3-2-4-21(15-18)41-31(32,33)34)23-10-11-25-29-13-14-36(17-19-5-6-19)24(30(23,29)39)16-20-8-9-22(37)28(40-25)27(20)29/h2-4,7-9,12,15,19,23-25,37,39H,5-6,10-11,13-14,16-17H2,1H3/t23-,24-,25+,29-,30-/m1/s1. The summed E-state index contributed by atoms with van der Waals surface area (Å²) in [4.78, 5) is 17.6. The molecule has 3 aliphatic carbocycles. The number of amides is 1. The second kappa shape index (κ2) is 9.13. The van der Waals surface area contributed by atoms with Crippen molar-refractivity contribution >= 4 is 12.0 Å². The van der Waals surface area contributed by atoms with Crippen LogP contribution in [0.2, 0.25) is 0 Å². The lowest BCUT2D eigenvalue weighted by molar-refractivity contribution is -0.274. The van der Waals surface area contributed by atoms with Crippen LogP contribution in [0.1, 0.15) is 48.8 Å². The third-order valence-corrected chi connectivity index (χ3v) is 10.1. The number of phenols is 1. The summed E-state index contributed by atoms with van der Waals surface area (Å²) in [5.74, 6) is 0.455. The maximum absolute atomic E-state index is 13.6. The highest BCUT2D eigenvalue weighted by Gasteiger charge is 2.74. The molecule has 41 heavy (non-hydrogen) atoms. The van der Waals surface area contributed by atoms with Crippen LogP contribution in [0.3, 0.4) is 0 Å². The Hall–Kier alpha value is -3.24. The van der Waals surface area contributed by atoms with E-state index in [1.807, 2.05) is 6.07 Å². The Bertz CT molecular complexity index is 1420. The fraction of sp³-hybridized carbons (Fsp3) is 0.516. The molecule has 10 heteroatoms. The smallest absolute Gasteiger partial charge is 0.504 e. The topological polar surface area (TPSA) is 82.5 Å². The van der Waals surface area contributed by atoms with Crippen LogP contribution >= 0.6 is 0 Å². The molecule has 2 heterocycles. The Morgan fingerprint density at radius 3 is 2.78 bits per heavy atom. The largest absolute Gasteiger partial charge is 0.573 e. The minimum absolute atomic E-state index is 0.0781. The van der Waals surface area contributed by atoms with Crippen LogP contribution < -0.4 is 9.47 Å². The van der Waals surface area contributed by atoms with Crippen LogP contribution in [0, 0.1) is 5.92 Å². The number of likely N-dealkylation sites (tertiary alicyclic amines) is 1. The van der Waals surface area contributed by atoms with Crippen molar-refractivity contribution in [3.63, 3.8) is 0 Å². The van der Waals surface area contributed by atoms with Crippen molar-refractivity contribution in [1.82, 2.24) is 9.80 Å². The summed E-state index contributed by atoms with van der Waals surface area (Å²) >= 11 is 0. The van der Waals surface area contributed by atoms with Crippen molar-refractivity contribution in [3.05, 3.63) is 59.2 Å². The molecule has 5 atom stereocenters. The Kier molecular flexibility index (Phi) is 5.93. The molecular weight excluding hydrogens is 537 g/mol. The number of piperidine rings is 1. The number of aromatic hydroxyl groups is 1. The van der Waals surface area contributed by atoms with Gasteiger partial charge >= 0.3 is 6.36 Å². The number of likely N-dealkylation sites (N-methyl/N-ethyl adjacent to an activating group) is 1. The van der Waals surface area contributed by atoms with Gasteiger partial charge in [-0.2, -0.15) is 0 Å². The summed E-state index contributed by atoms with van der Waals surface area (Å²) in [6.45, 7) is 1.73. The molecule has 2 aromatic rings. The number of rotatable bonds is 6.